The third-order valence-electron chi connectivity index (χ3n) is 2.69. The quantitative estimate of drug-likeness (QED) is 0.857. The molecule has 0 saturated carbocycles. The molecule has 3 heteroatoms. The van der Waals surface area contributed by atoms with Crippen LogP contribution in [0.1, 0.15) is 19.4 Å². The van der Waals surface area contributed by atoms with Crippen LogP contribution in [0.3, 0.4) is 0 Å². The Morgan fingerprint density at radius 2 is 1.93 bits per heavy atom. The van der Waals surface area contributed by atoms with Gasteiger partial charge < -0.3 is 5.11 Å². The predicted molar refractivity (Wildman–Crippen MR) is 65.6 cm³/mol. The van der Waals surface area contributed by atoms with Gasteiger partial charge in [0.1, 0.15) is 0 Å². The standard InChI is InChI=1S/C12H16Cl2O/c1-8(2)10(7-15)6-9-4-3-5-11(13)12(9)14/h3-5,8,10,15H,6-7H2,1-2H3. The molecule has 0 saturated heterocycles. The number of rotatable bonds is 4. The Hall–Kier alpha value is -0.240. The minimum atomic E-state index is 0.181. The Morgan fingerprint density at radius 3 is 2.47 bits per heavy atom. The van der Waals surface area contributed by atoms with Gasteiger partial charge in [0.25, 0.3) is 0 Å². The second-order valence-electron chi connectivity index (χ2n) is 4.10. The summed E-state index contributed by atoms with van der Waals surface area (Å²) in [5.41, 5.74) is 1.01. The summed E-state index contributed by atoms with van der Waals surface area (Å²) < 4.78 is 0. The summed E-state index contributed by atoms with van der Waals surface area (Å²) in [5, 5.41) is 10.4. The lowest BCUT2D eigenvalue weighted by atomic mass is 9.90. The highest BCUT2D eigenvalue weighted by Crippen LogP contribution is 2.28. The lowest BCUT2D eigenvalue weighted by Crippen LogP contribution is -2.16. The Kier molecular flexibility index (Phi) is 4.91. The van der Waals surface area contributed by atoms with Gasteiger partial charge in [0.05, 0.1) is 10.0 Å². The maximum atomic E-state index is 9.24. The van der Waals surface area contributed by atoms with Gasteiger partial charge in [0.2, 0.25) is 0 Å². The van der Waals surface area contributed by atoms with Crippen LogP contribution in [0.25, 0.3) is 0 Å². The highest BCUT2D eigenvalue weighted by molar-refractivity contribution is 6.42. The minimum absolute atomic E-state index is 0.181. The van der Waals surface area contributed by atoms with Gasteiger partial charge in [-0.3, -0.25) is 0 Å². The molecule has 0 aromatic heterocycles. The SMILES string of the molecule is CC(C)C(CO)Cc1cccc(Cl)c1Cl. The van der Waals surface area contributed by atoms with Crippen LogP contribution in [0.5, 0.6) is 0 Å². The summed E-state index contributed by atoms with van der Waals surface area (Å²) in [6.45, 7) is 4.37. The van der Waals surface area contributed by atoms with E-state index < -0.39 is 0 Å². The molecular weight excluding hydrogens is 231 g/mol. The van der Waals surface area contributed by atoms with Crippen molar-refractivity contribution in [1.82, 2.24) is 0 Å². The highest BCUT2D eigenvalue weighted by Gasteiger charge is 2.15. The second-order valence-corrected chi connectivity index (χ2v) is 4.89. The first kappa shape index (κ1) is 12.8. The molecule has 0 aliphatic rings. The summed E-state index contributed by atoms with van der Waals surface area (Å²) in [5.74, 6) is 0.672. The number of halogens is 2. The van der Waals surface area contributed by atoms with E-state index in [1.54, 1.807) is 6.07 Å². The van der Waals surface area contributed by atoms with Gasteiger partial charge in [-0.25, -0.2) is 0 Å². The first-order valence-electron chi connectivity index (χ1n) is 5.10. The van der Waals surface area contributed by atoms with E-state index in [2.05, 4.69) is 13.8 Å². The monoisotopic (exact) mass is 246 g/mol. The Labute approximate surface area is 101 Å². The molecular formula is C12H16Cl2O. The van der Waals surface area contributed by atoms with Gasteiger partial charge >= 0.3 is 0 Å². The molecule has 1 unspecified atom stereocenters. The zero-order valence-electron chi connectivity index (χ0n) is 9.00. The molecule has 1 nitrogen and oxygen atoms in total. The Balaban J connectivity index is 2.84. The van der Waals surface area contributed by atoms with Gasteiger partial charge in [-0.15, -0.1) is 0 Å². The number of hydrogen-bond donors (Lipinski definition) is 1. The van der Waals surface area contributed by atoms with Crippen molar-refractivity contribution in [3.05, 3.63) is 33.8 Å². The van der Waals surface area contributed by atoms with Gasteiger partial charge in [-0.05, 0) is 29.9 Å². The lowest BCUT2D eigenvalue weighted by Gasteiger charge is -2.18. The maximum Gasteiger partial charge on any atom is 0.0624 e. The fourth-order valence-corrected chi connectivity index (χ4v) is 1.90. The summed E-state index contributed by atoms with van der Waals surface area (Å²) in [6.07, 6.45) is 0.771. The molecule has 0 fully saturated rings. The molecule has 0 heterocycles. The molecule has 0 bridgehead atoms. The van der Waals surface area contributed by atoms with E-state index in [9.17, 15) is 5.11 Å². The van der Waals surface area contributed by atoms with E-state index in [0.29, 0.717) is 16.0 Å². The van der Waals surface area contributed by atoms with Crippen LogP contribution in [-0.4, -0.2) is 11.7 Å². The summed E-state index contributed by atoms with van der Waals surface area (Å²) in [4.78, 5) is 0. The van der Waals surface area contributed by atoms with Crippen LogP contribution in [-0.2, 0) is 6.42 Å². The third-order valence-corrected chi connectivity index (χ3v) is 3.55. The zero-order chi connectivity index (χ0) is 11.4. The summed E-state index contributed by atoms with van der Waals surface area (Å²) in [6, 6.07) is 5.62. The predicted octanol–water partition coefficient (Wildman–Crippen LogP) is 3.80. The van der Waals surface area contributed by atoms with Crippen LogP contribution in [0.15, 0.2) is 18.2 Å². The molecule has 0 spiro atoms. The van der Waals surface area contributed by atoms with Crippen molar-refractivity contribution >= 4 is 23.2 Å². The van der Waals surface area contributed by atoms with Crippen LogP contribution in [0.4, 0.5) is 0 Å². The molecule has 1 rings (SSSR count). The average Bonchev–Trinajstić information content (AvgIpc) is 2.19. The maximum absolute atomic E-state index is 9.24. The molecule has 84 valence electrons. The fourth-order valence-electron chi connectivity index (χ4n) is 1.50. The van der Waals surface area contributed by atoms with E-state index in [4.69, 9.17) is 23.2 Å². The first-order chi connectivity index (χ1) is 7.06. The normalized spacial score (nSPS) is 13.2. The van der Waals surface area contributed by atoms with E-state index >= 15 is 0 Å². The van der Waals surface area contributed by atoms with Crippen molar-refractivity contribution in [2.75, 3.05) is 6.61 Å². The van der Waals surface area contributed by atoms with Gasteiger partial charge in [-0.1, -0.05) is 49.2 Å². The van der Waals surface area contributed by atoms with Gasteiger partial charge in [-0.2, -0.15) is 0 Å². The fraction of sp³-hybridized carbons (Fsp3) is 0.500. The highest BCUT2D eigenvalue weighted by atomic mass is 35.5. The summed E-state index contributed by atoms with van der Waals surface area (Å²) >= 11 is 12.0. The Bertz CT molecular complexity index is 323. The molecule has 15 heavy (non-hydrogen) atoms. The van der Waals surface area contributed by atoms with E-state index in [1.165, 1.54) is 0 Å². The van der Waals surface area contributed by atoms with Crippen LogP contribution >= 0.6 is 23.2 Å². The van der Waals surface area contributed by atoms with E-state index in [1.807, 2.05) is 12.1 Å². The molecule has 0 aliphatic carbocycles. The third kappa shape index (κ3) is 3.37. The number of aliphatic hydroxyl groups is 1. The number of benzene rings is 1. The number of aliphatic hydroxyl groups excluding tert-OH is 1. The molecule has 0 amide bonds. The van der Waals surface area contributed by atoms with Crippen molar-refractivity contribution in [3.8, 4) is 0 Å². The molecule has 0 radical (unpaired) electrons. The Morgan fingerprint density at radius 1 is 1.27 bits per heavy atom. The topological polar surface area (TPSA) is 20.2 Å². The van der Waals surface area contributed by atoms with Crippen LogP contribution in [0.2, 0.25) is 10.0 Å². The molecule has 1 aromatic rings. The molecule has 1 N–H and O–H groups in total. The van der Waals surface area contributed by atoms with Gasteiger partial charge in [0, 0.05) is 6.61 Å². The minimum Gasteiger partial charge on any atom is -0.396 e. The van der Waals surface area contributed by atoms with Crippen molar-refractivity contribution in [2.45, 2.75) is 20.3 Å². The molecule has 1 atom stereocenters. The smallest absolute Gasteiger partial charge is 0.0624 e. The van der Waals surface area contributed by atoms with E-state index in [0.717, 1.165) is 12.0 Å². The summed E-state index contributed by atoms with van der Waals surface area (Å²) in [7, 11) is 0. The van der Waals surface area contributed by atoms with Crippen LogP contribution in [0, 0.1) is 11.8 Å². The molecule has 1 aromatic carbocycles. The van der Waals surface area contributed by atoms with Crippen molar-refractivity contribution in [2.24, 2.45) is 11.8 Å². The first-order valence-corrected chi connectivity index (χ1v) is 5.85. The zero-order valence-corrected chi connectivity index (χ0v) is 10.5. The van der Waals surface area contributed by atoms with Crippen molar-refractivity contribution in [3.63, 3.8) is 0 Å². The average molecular weight is 247 g/mol. The van der Waals surface area contributed by atoms with Crippen LogP contribution < -0.4 is 0 Å². The molecule has 0 aliphatic heterocycles. The second kappa shape index (κ2) is 5.74. The van der Waals surface area contributed by atoms with Gasteiger partial charge in [0.15, 0.2) is 0 Å². The van der Waals surface area contributed by atoms with Crippen molar-refractivity contribution in [1.29, 1.82) is 0 Å². The largest absolute Gasteiger partial charge is 0.396 e. The number of hydrogen-bond acceptors (Lipinski definition) is 1. The van der Waals surface area contributed by atoms with Crippen molar-refractivity contribution < 1.29 is 5.11 Å². The lowest BCUT2D eigenvalue weighted by molar-refractivity contribution is 0.189. The van der Waals surface area contributed by atoms with E-state index in [-0.39, 0.29) is 12.5 Å².